The average molecular weight is 189 g/mol. The van der Waals surface area contributed by atoms with E-state index in [2.05, 4.69) is 42.6 Å². The molecule has 1 aromatic rings. The molecular formula is C13H19N. The van der Waals surface area contributed by atoms with Crippen LogP contribution in [-0.4, -0.2) is 6.04 Å². The van der Waals surface area contributed by atoms with Crippen molar-refractivity contribution in [3.63, 3.8) is 0 Å². The summed E-state index contributed by atoms with van der Waals surface area (Å²) in [5, 5.41) is 3.60. The molecule has 1 aliphatic carbocycles. The smallest absolute Gasteiger partial charge is 0.0208 e. The Morgan fingerprint density at radius 3 is 2.57 bits per heavy atom. The van der Waals surface area contributed by atoms with E-state index in [1.807, 2.05) is 0 Å². The monoisotopic (exact) mass is 189 g/mol. The molecule has 0 amide bonds. The standard InChI is InChI=1S/C13H19N/c1-11(13-8-5-9-13)14-10-12-6-3-2-4-7-12/h2-4,6-7,11,13-14H,5,8-10H2,1H3. The minimum Gasteiger partial charge on any atom is -0.310 e. The fourth-order valence-electron chi connectivity index (χ4n) is 1.98. The maximum absolute atomic E-state index is 3.60. The van der Waals surface area contributed by atoms with Gasteiger partial charge in [-0.1, -0.05) is 36.8 Å². The summed E-state index contributed by atoms with van der Waals surface area (Å²) in [5.41, 5.74) is 1.39. The molecule has 1 heteroatoms. The highest BCUT2D eigenvalue weighted by Crippen LogP contribution is 2.29. The second-order valence-electron chi connectivity index (χ2n) is 4.35. The van der Waals surface area contributed by atoms with E-state index < -0.39 is 0 Å². The molecule has 1 N–H and O–H groups in total. The van der Waals surface area contributed by atoms with Gasteiger partial charge in [0.05, 0.1) is 0 Å². The Morgan fingerprint density at radius 1 is 1.29 bits per heavy atom. The lowest BCUT2D eigenvalue weighted by atomic mass is 9.80. The highest BCUT2D eigenvalue weighted by Gasteiger charge is 2.22. The number of hydrogen-bond acceptors (Lipinski definition) is 1. The van der Waals surface area contributed by atoms with Gasteiger partial charge in [-0.2, -0.15) is 0 Å². The largest absolute Gasteiger partial charge is 0.310 e. The molecule has 0 heterocycles. The van der Waals surface area contributed by atoms with Crippen molar-refractivity contribution in [3.8, 4) is 0 Å². The summed E-state index contributed by atoms with van der Waals surface area (Å²) in [4.78, 5) is 0. The van der Waals surface area contributed by atoms with Crippen molar-refractivity contribution >= 4 is 0 Å². The van der Waals surface area contributed by atoms with Crippen LogP contribution in [0.2, 0.25) is 0 Å². The molecule has 0 radical (unpaired) electrons. The van der Waals surface area contributed by atoms with Crippen LogP contribution < -0.4 is 5.32 Å². The molecule has 0 aliphatic heterocycles. The van der Waals surface area contributed by atoms with Crippen molar-refractivity contribution in [3.05, 3.63) is 35.9 Å². The summed E-state index contributed by atoms with van der Waals surface area (Å²) in [5.74, 6) is 0.929. The van der Waals surface area contributed by atoms with Crippen LogP contribution in [0.25, 0.3) is 0 Å². The zero-order valence-corrected chi connectivity index (χ0v) is 8.87. The van der Waals surface area contributed by atoms with Gasteiger partial charge in [0.25, 0.3) is 0 Å². The fourth-order valence-corrected chi connectivity index (χ4v) is 1.98. The molecule has 1 aliphatic rings. The Morgan fingerprint density at radius 2 is 2.00 bits per heavy atom. The summed E-state index contributed by atoms with van der Waals surface area (Å²) < 4.78 is 0. The van der Waals surface area contributed by atoms with Crippen molar-refractivity contribution in [1.82, 2.24) is 5.32 Å². The Hall–Kier alpha value is -0.820. The molecule has 1 fully saturated rings. The van der Waals surface area contributed by atoms with Gasteiger partial charge in [-0.05, 0) is 31.2 Å². The average Bonchev–Trinajstić information content (AvgIpc) is 2.14. The number of hydrogen-bond donors (Lipinski definition) is 1. The van der Waals surface area contributed by atoms with Crippen LogP contribution in [0.15, 0.2) is 30.3 Å². The molecule has 0 aromatic heterocycles. The maximum Gasteiger partial charge on any atom is 0.0208 e. The highest BCUT2D eigenvalue weighted by molar-refractivity contribution is 5.14. The van der Waals surface area contributed by atoms with E-state index in [9.17, 15) is 0 Å². The van der Waals surface area contributed by atoms with Crippen LogP contribution >= 0.6 is 0 Å². The molecule has 0 bridgehead atoms. The Kier molecular flexibility index (Phi) is 3.20. The zero-order valence-electron chi connectivity index (χ0n) is 8.87. The summed E-state index contributed by atoms with van der Waals surface area (Å²) in [6.07, 6.45) is 4.27. The SMILES string of the molecule is CC(NCc1ccccc1)C1CCC1. The predicted octanol–water partition coefficient (Wildman–Crippen LogP) is 2.96. The van der Waals surface area contributed by atoms with E-state index >= 15 is 0 Å². The third-order valence-corrected chi connectivity index (χ3v) is 3.33. The minimum absolute atomic E-state index is 0.684. The maximum atomic E-state index is 3.60. The second kappa shape index (κ2) is 4.61. The topological polar surface area (TPSA) is 12.0 Å². The van der Waals surface area contributed by atoms with E-state index in [4.69, 9.17) is 0 Å². The lowest BCUT2D eigenvalue weighted by Crippen LogP contribution is -2.36. The molecule has 14 heavy (non-hydrogen) atoms. The van der Waals surface area contributed by atoms with Crippen molar-refractivity contribution < 1.29 is 0 Å². The first-order chi connectivity index (χ1) is 6.86. The Bertz CT molecular complexity index is 264. The lowest BCUT2D eigenvalue weighted by Gasteiger charge is -2.32. The number of rotatable bonds is 4. The molecule has 1 atom stereocenters. The molecule has 1 nitrogen and oxygen atoms in total. The first-order valence-corrected chi connectivity index (χ1v) is 5.63. The molecule has 1 aromatic carbocycles. The summed E-state index contributed by atoms with van der Waals surface area (Å²) >= 11 is 0. The van der Waals surface area contributed by atoms with Crippen LogP contribution in [0.3, 0.4) is 0 Å². The van der Waals surface area contributed by atoms with E-state index in [1.54, 1.807) is 0 Å². The van der Waals surface area contributed by atoms with Gasteiger partial charge in [-0.25, -0.2) is 0 Å². The van der Waals surface area contributed by atoms with Crippen LogP contribution in [0.5, 0.6) is 0 Å². The van der Waals surface area contributed by atoms with Gasteiger partial charge in [0.1, 0.15) is 0 Å². The van der Waals surface area contributed by atoms with Gasteiger partial charge in [0.2, 0.25) is 0 Å². The number of nitrogens with one attached hydrogen (secondary N) is 1. The second-order valence-corrected chi connectivity index (χ2v) is 4.35. The molecule has 1 unspecified atom stereocenters. The molecule has 2 rings (SSSR count). The van der Waals surface area contributed by atoms with Crippen LogP contribution in [0, 0.1) is 5.92 Å². The van der Waals surface area contributed by atoms with Crippen LogP contribution in [0.4, 0.5) is 0 Å². The molecule has 1 saturated carbocycles. The van der Waals surface area contributed by atoms with E-state index in [0.717, 1.165) is 12.5 Å². The van der Waals surface area contributed by atoms with Crippen LogP contribution in [0.1, 0.15) is 31.7 Å². The van der Waals surface area contributed by atoms with Crippen LogP contribution in [-0.2, 0) is 6.54 Å². The quantitative estimate of drug-likeness (QED) is 0.768. The van der Waals surface area contributed by atoms with Gasteiger partial charge in [0.15, 0.2) is 0 Å². The van der Waals surface area contributed by atoms with Gasteiger partial charge in [-0.3, -0.25) is 0 Å². The van der Waals surface area contributed by atoms with E-state index in [-0.39, 0.29) is 0 Å². The highest BCUT2D eigenvalue weighted by atomic mass is 14.9. The number of benzene rings is 1. The third kappa shape index (κ3) is 2.36. The third-order valence-electron chi connectivity index (χ3n) is 3.33. The zero-order chi connectivity index (χ0) is 9.80. The van der Waals surface area contributed by atoms with Crippen molar-refractivity contribution in [2.45, 2.75) is 38.8 Å². The van der Waals surface area contributed by atoms with E-state index in [1.165, 1.54) is 24.8 Å². The molecular weight excluding hydrogens is 170 g/mol. The van der Waals surface area contributed by atoms with Gasteiger partial charge in [0, 0.05) is 12.6 Å². The van der Waals surface area contributed by atoms with Gasteiger partial charge >= 0.3 is 0 Å². The normalized spacial score (nSPS) is 18.9. The van der Waals surface area contributed by atoms with Crippen molar-refractivity contribution in [2.75, 3.05) is 0 Å². The predicted molar refractivity (Wildman–Crippen MR) is 60.1 cm³/mol. The summed E-state index contributed by atoms with van der Waals surface area (Å²) in [6, 6.07) is 11.3. The van der Waals surface area contributed by atoms with E-state index in [0.29, 0.717) is 6.04 Å². The Balaban J connectivity index is 1.76. The first kappa shape index (κ1) is 9.72. The van der Waals surface area contributed by atoms with Crippen molar-refractivity contribution in [2.24, 2.45) is 5.92 Å². The van der Waals surface area contributed by atoms with Crippen molar-refractivity contribution in [1.29, 1.82) is 0 Å². The summed E-state index contributed by atoms with van der Waals surface area (Å²) in [6.45, 7) is 3.32. The Labute approximate surface area is 86.5 Å². The summed E-state index contributed by atoms with van der Waals surface area (Å²) in [7, 11) is 0. The fraction of sp³-hybridized carbons (Fsp3) is 0.538. The van der Waals surface area contributed by atoms with Gasteiger partial charge in [-0.15, -0.1) is 0 Å². The molecule has 0 spiro atoms. The minimum atomic E-state index is 0.684. The molecule has 0 saturated heterocycles. The lowest BCUT2D eigenvalue weighted by molar-refractivity contribution is 0.240. The molecule has 76 valence electrons. The first-order valence-electron chi connectivity index (χ1n) is 5.63. The van der Waals surface area contributed by atoms with Gasteiger partial charge < -0.3 is 5.32 Å².